The van der Waals surface area contributed by atoms with Crippen LogP contribution in [0.25, 0.3) is 0 Å². The van der Waals surface area contributed by atoms with E-state index in [0.29, 0.717) is 5.56 Å². The molecule has 0 radical (unpaired) electrons. The van der Waals surface area contributed by atoms with Crippen LogP contribution in [0, 0.1) is 16.7 Å². The highest BCUT2D eigenvalue weighted by atomic mass is 16.6. The predicted molar refractivity (Wildman–Crippen MR) is 218 cm³/mol. The molecule has 332 valence electrons. The van der Waals surface area contributed by atoms with Crippen molar-refractivity contribution in [3.05, 3.63) is 82.9 Å². The minimum atomic E-state index is -2.32. The Morgan fingerprint density at radius 1 is 0.934 bits per heavy atom. The minimum absolute atomic E-state index is 0.0157. The van der Waals surface area contributed by atoms with Gasteiger partial charge in [-0.15, -0.1) is 0 Å². The molecule has 3 fully saturated rings. The molecule has 2 aromatic carbocycles. The first-order valence-electron chi connectivity index (χ1n) is 20.7. The second-order valence-electron chi connectivity index (χ2n) is 18.7. The molecule has 1 heterocycles. The fourth-order valence-electron chi connectivity index (χ4n) is 9.97. The molecule has 1 unspecified atom stereocenters. The molecule has 1 saturated heterocycles. The van der Waals surface area contributed by atoms with Gasteiger partial charge in [0.05, 0.1) is 41.8 Å². The van der Waals surface area contributed by atoms with Crippen molar-refractivity contribution in [1.29, 1.82) is 0 Å². The number of carbonyl (C=O) groups is 5. The van der Waals surface area contributed by atoms with E-state index >= 15 is 4.79 Å². The number of ketones is 1. The van der Waals surface area contributed by atoms with Crippen molar-refractivity contribution < 1.29 is 67.7 Å². The molecule has 4 N–H and O–H groups in total. The fourth-order valence-corrected chi connectivity index (χ4v) is 9.97. The highest BCUT2D eigenvalue weighted by Gasteiger charge is 2.78. The number of aliphatic hydroxyl groups excluding tert-OH is 2. The van der Waals surface area contributed by atoms with E-state index in [4.69, 9.17) is 28.4 Å². The average molecular weight is 850 g/mol. The topological polar surface area (TPSA) is 213 Å². The molecular formula is C46H59NO14. The van der Waals surface area contributed by atoms with E-state index in [1.807, 2.05) is 0 Å². The number of fused-ring (bicyclic) bond motifs is 5. The minimum Gasteiger partial charge on any atom is -0.456 e. The summed E-state index contributed by atoms with van der Waals surface area (Å²) in [5, 5.41) is 40.6. The second-order valence-corrected chi connectivity index (χ2v) is 18.7. The Bertz CT molecular complexity index is 2040. The van der Waals surface area contributed by atoms with Gasteiger partial charge in [0.2, 0.25) is 0 Å². The lowest BCUT2D eigenvalue weighted by atomic mass is 9.44. The lowest BCUT2D eigenvalue weighted by Crippen LogP contribution is -2.81. The van der Waals surface area contributed by atoms with E-state index in [9.17, 15) is 34.5 Å². The summed E-state index contributed by atoms with van der Waals surface area (Å²) in [6.45, 7) is 15.5. The van der Waals surface area contributed by atoms with Gasteiger partial charge in [-0.3, -0.25) is 9.59 Å². The summed E-state index contributed by atoms with van der Waals surface area (Å²) >= 11 is 0. The number of amides is 1. The van der Waals surface area contributed by atoms with Gasteiger partial charge in [0, 0.05) is 25.2 Å². The molecule has 2 bridgehead atoms. The van der Waals surface area contributed by atoms with E-state index in [0.717, 1.165) is 0 Å². The smallest absolute Gasteiger partial charge is 0.408 e. The molecule has 0 aromatic heterocycles. The lowest BCUT2D eigenvalue weighted by Gasteiger charge is -2.67. The fraction of sp³-hybridized carbons (Fsp3) is 0.587. The maximum atomic E-state index is 15.1. The number of nitrogens with one attached hydrogen (secondary N) is 1. The standard InChI is InChI=1S/C46H59NO14/c1-24(2)57-35(33(27-17-13-11-14-18-27)47-41(54)61-42(5,6)7)40(53)58-29-22-46(55)38(59-39(52)28-19-15-12-16-20-28)36-44(10,37(51)34(50)32(25(29)3)43(46,8)9)30(49)21-31-45(36,23-56-31)60-26(4)48/h11-20,24,29-31,33-36,38,49-50,55H,21-23H2,1-10H3,(H,47,54)/t29-,30-,31+,33-,34+,35+,36-,38?,44+,45-,46-/m0/s1. The third-order valence-corrected chi connectivity index (χ3v) is 13.0. The largest absolute Gasteiger partial charge is 0.456 e. The number of hydrogen-bond acceptors (Lipinski definition) is 14. The summed E-state index contributed by atoms with van der Waals surface area (Å²) in [5.41, 5.74) is -7.74. The Hall–Kier alpha value is -4.67. The van der Waals surface area contributed by atoms with Gasteiger partial charge in [0.25, 0.3) is 0 Å². The van der Waals surface area contributed by atoms with Crippen LogP contribution in [-0.2, 0) is 42.8 Å². The Balaban J connectivity index is 1.52. The van der Waals surface area contributed by atoms with Crippen LogP contribution in [0.5, 0.6) is 0 Å². The van der Waals surface area contributed by atoms with Crippen molar-refractivity contribution in [3.63, 3.8) is 0 Å². The van der Waals surface area contributed by atoms with Crippen molar-refractivity contribution in [2.75, 3.05) is 6.61 Å². The molecule has 6 rings (SSSR count). The summed E-state index contributed by atoms with van der Waals surface area (Å²) in [6.07, 6.45) is -11.2. The molecule has 3 aliphatic carbocycles. The number of aliphatic hydroxyl groups is 3. The number of esters is 3. The number of alkyl carbamates (subject to hydrolysis) is 1. The van der Waals surface area contributed by atoms with Gasteiger partial charge in [-0.05, 0) is 77.3 Å². The molecule has 11 atom stereocenters. The van der Waals surface area contributed by atoms with Gasteiger partial charge < -0.3 is 49.1 Å². The first-order valence-corrected chi connectivity index (χ1v) is 20.7. The molecule has 61 heavy (non-hydrogen) atoms. The molecule has 1 aliphatic heterocycles. The molecule has 1 amide bonds. The van der Waals surface area contributed by atoms with Gasteiger partial charge in [0.1, 0.15) is 35.6 Å². The van der Waals surface area contributed by atoms with Crippen molar-refractivity contribution in [2.45, 2.75) is 148 Å². The number of rotatable bonds is 10. The molecule has 15 nitrogen and oxygen atoms in total. The number of Topliss-reactive ketones (excluding diaryl/α,β-unsaturated/α-hetero) is 1. The summed E-state index contributed by atoms with van der Waals surface area (Å²) in [4.78, 5) is 70.3. The van der Waals surface area contributed by atoms with E-state index in [1.165, 1.54) is 26.0 Å². The van der Waals surface area contributed by atoms with Crippen LogP contribution < -0.4 is 5.32 Å². The Labute approximate surface area is 356 Å². The monoisotopic (exact) mass is 849 g/mol. The number of carbonyl (C=O) groups excluding carboxylic acids is 5. The van der Waals surface area contributed by atoms with Crippen LogP contribution in [0.15, 0.2) is 71.8 Å². The van der Waals surface area contributed by atoms with Crippen LogP contribution in [0.2, 0.25) is 0 Å². The Kier molecular flexibility index (Phi) is 12.4. The summed E-state index contributed by atoms with van der Waals surface area (Å²) in [6, 6.07) is 15.4. The second kappa shape index (κ2) is 16.6. The van der Waals surface area contributed by atoms with Crippen LogP contribution in [0.1, 0.15) is 104 Å². The lowest BCUT2D eigenvalue weighted by molar-refractivity contribution is -0.346. The maximum absolute atomic E-state index is 15.1. The van der Waals surface area contributed by atoms with Crippen LogP contribution in [-0.4, -0.2) is 111 Å². The highest BCUT2D eigenvalue weighted by molar-refractivity contribution is 5.94. The van der Waals surface area contributed by atoms with Gasteiger partial charge in [-0.25, -0.2) is 14.4 Å². The third-order valence-electron chi connectivity index (χ3n) is 13.0. The highest BCUT2D eigenvalue weighted by Crippen LogP contribution is 2.64. The first kappa shape index (κ1) is 45.8. The van der Waals surface area contributed by atoms with E-state index in [-0.39, 0.29) is 29.7 Å². The number of benzene rings is 2. The van der Waals surface area contributed by atoms with E-state index < -0.39 is 119 Å². The third kappa shape index (κ3) is 8.11. The Morgan fingerprint density at radius 2 is 1.54 bits per heavy atom. The van der Waals surface area contributed by atoms with Gasteiger partial charge in [0.15, 0.2) is 17.5 Å². The summed E-state index contributed by atoms with van der Waals surface area (Å²) < 4.78 is 36.4. The average Bonchev–Trinajstić information content (AvgIpc) is 3.17. The molecule has 15 heteroatoms. The summed E-state index contributed by atoms with van der Waals surface area (Å²) in [7, 11) is 0. The Morgan fingerprint density at radius 3 is 2.08 bits per heavy atom. The zero-order valence-corrected chi connectivity index (χ0v) is 36.4. The molecule has 0 spiro atoms. The van der Waals surface area contributed by atoms with Crippen LogP contribution in [0.3, 0.4) is 0 Å². The quantitative estimate of drug-likeness (QED) is 0.145. The van der Waals surface area contributed by atoms with Crippen LogP contribution >= 0.6 is 0 Å². The van der Waals surface area contributed by atoms with Gasteiger partial charge in [-0.1, -0.05) is 62.4 Å². The van der Waals surface area contributed by atoms with Crippen molar-refractivity contribution in [1.82, 2.24) is 5.32 Å². The zero-order valence-electron chi connectivity index (χ0n) is 36.4. The molecule has 2 aromatic rings. The van der Waals surface area contributed by atoms with Gasteiger partial charge >= 0.3 is 24.0 Å². The number of ether oxygens (including phenoxy) is 6. The maximum Gasteiger partial charge on any atom is 0.408 e. The van der Waals surface area contributed by atoms with Crippen molar-refractivity contribution >= 4 is 29.8 Å². The molecular weight excluding hydrogens is 790 g/mol. The molecule has 4 aliphatic rings. The predicted octanol–water partition coefficient (Wildman–Crippen LogP) is 4.69. The van der Waals surface area contributed by atoms with Crippen molar-refractivity contribution in [3.8, 4) is 0 Å². The normalized spacial score (nSPS) is 32.7. The van der Waals surface area contributed by atoms with E-state index in [2.05, 4.69) is 5.32 Å². The van der Waals surface area contributed by atoms with Gasteiger partial charge in [-0.2, -0.15) is 0 Å². The number of hydrogen-bond donors (Lipinski definition) is 4. The van der Waals surface area contributed by atoms with Crippen molar-refractivity contribution in [2.24, 2.45) is 16.7 Å². The summed E-state index contributed by atoms with van der Waals surface area (Å²) in [5.74, 6) is -5.00. The van der Waals surface area contributed by atoms with E-state index in [1.54, 1.807) is 104 Å². The van der Waals surface area contributed by atoms with Crippen LogP contribution in [0.4, 0.5) is 4.79 Å². The molecule has 2 saturated carbocycles. The first-order chi connectivity index (χ1) is 28.4. The SMILES string of the molecule is CC(=O)O[C@@]12CO[C@@H]1C[C@H](O)[C@@]1(C)C(=O)[C@H](O)C3=C(C)[C@@H](OC(=O)[C@H](OC(C)C)[C@@H](NC(=O)OC(C)(C)C)c4ccccc4)C[C@](O)(C(OC(=O)c4ccccc4)[C@H]21)C3(C)C. The zero-order chi connectivity index (χ0) is 45.0.